The minimum atomic E-state index is -0.512. The Hall–Kier alpha value is -0.780. The first kappa shape index (κ1) is 17.6. The zero-order valence-electron chi connectivity index (χ0n) is 13.1. The molecular formula is C16H22BrClN2O2. The van der Waals surface area contributed by atoms with E-state index in [4.69, 9.17) is 22.1 Å². The van der Waals surface area contributed by atoms with Crippen molar-refractivity contribution >= 4 is 33.6 Å². The predicted molar refractivity (Wildman–Crippen MR) is 92.0 cm³/mol. The van der Waals surface area contributed by atoms with E-state index in [0.29, 0.717) is 18.0 Å². The lowest BCUT2D eigenvalue weighted by atomic mass is 9.92. The summed E-state index contributed by atoms with van der Waals surface area (Å²) in [5.41, 5.74) is 6.60. The van der Waals surface area contributed by atoms with Crippen LogP contribution in [0.25, 0.3) is 0 Å². The molecule has 2 rings (SSSR count). The first-order chi connectivity index (χ1) is 10.2. The van der Waals surface area contributed by atoms with Gasteiger partial charge in [-0.1, -0.05) is 17.7 Å². The number of rotatable bonds is 1. The van der Waals surface area contributed by atoms with Crippen molar-refractivity contribution in [1.29, 1.82) is 0 Å². The number of likely N-dealkylation sites (tertiary alicyclic amines) is 1. The highest BCUT2D eigenvalue weighted by Gasteiger charge is 2.34. The second-order valence-electron chi connectivity index (χ2n) is 6.65. The van der Waals surface area contributed by atoms with Gasteiger partial charge in [-0.25, -0.2) is 4.79 Å². The van der Waals surface area contributed by atoms with Gasteiger partial charge < -0.3 is 15.4 Å². The number of piperidine rings is 1. The number of nitrogens with zero attached hydrogens (tertiary/aromatic N) is 1. The summed E-state index contributed by atoms with van der Waals surface area (Å²) in [6, 6.07) is 5.70. The normalized spacial score (nSPS) is 22.5. The summed E-state index contributed by atoms with van der Waals surface area (Å²) in [5.74, 6) is 0. The highest BCUT2D eigenvalue weighted by atomic mass is 79.9. The number of carbonyl (C=O) groups excluding carboxylic acids is 1. The summed E-state index contributed by atoms with van der Waals surface area (Å²) in [6.45, 7) is 6.21. The molecule has 0 spiro atoms. The topological polar surface area (TPSA) is 55.6 Å². The first-order valence-electron chi connectivity index (χ1n) is 7.37. The maximum absolute atomic E-state index is 12.5. The van der Waals surface area contributed by atoms with Crippen LogP contribution in [-0.2, 0) is 4.74 Å². The molecule has 1 aromatic carbocycles. The number of benzene rings is 1. The van der Waals surface area contributed by atoms with E-state index >= 15 is 0 Å². The van der Waals surface area contributed by atoms with Gasteiger partial charge in [0, 0.05) is 17.1 Å². The molecule has 1 fully saturated rings. The number of hydrogen-bond acceptors (Lipinski definition) is 3. The van der Waals surface area contributed by atoms with Crippen molar-refractivity contribution in [1.82, 2.24) is 4.90 Å². The third-order valence-electron chi connectivity index (χ3n) is 3.60. The molecular weight excluding hydrogens is 368 g/mol. The van der Waals surface area contributed by atoms with Gasteiger partial charge in [0.1, 0.15) is 5.60 Å². The van der Waals surface area contributed by atoms with Crippen molar-refractivity contribution in [3.05, 3.63) is 33.3 Å². The highest BCUT2D eigenvalue weighted by molar-refractivity contribution is 9.10. The van der Waals surface area contributed by atoms with Gasteiger partial charge in [-0.2, -0.15) is 0 Å². The highest BCUT2D eigenvalue weighted by Crippen LogP contribution is 2.34. The van der Waals surface area contributed by atoms with E-state index in [1.165, 1.54) is 0 Å². The summed E-state index contributed by atoms with van der Waals surface area (Å²) >= 11 is 9.49. The average Bonchev–Trinajstić information content (AvgIpc) is 2.39. The summed E-state index contributed by atoms with van der Waals surface area (Å²) < 4.78 is 6.34. The lowest BCUT2D eigenvalue weighted by molar-refractivity contribution is 0.00797. The van der Waals surface area contributed by atoms with Crippen LogP contribution in [0.2, 0.25) is 5.02 Å². The van der Waals surface area contributed by atoms with Crippen LogP contribution < -0.4 is 5.73 Å². The number of carbonyl (C=O) groups is 1. The van der Waals surface area contributed by atoms with Crippen LogP contribution in [0.4, 0.5) is 4.79 Å². The lowest BCUT2D eigenvalue weighted by Crippen LogP contribution is -2.46. The Labute approximate surface area is 145 Å². The van der Waals surface area contributed by atoms with Gasteiger partial charge in [-0.05, 0) is 67.2 Å². The van der Waals surface area contributed by atoms with Crippen molar-refractivity contribution in [3.63, 3.8) is 0 Å². The SMILES string of the molecule is CC(C)(C)OC(=O)N1CCC(N)CC1c1ccc(Cl)c(Br)c1. The van der Waals surface area contributed by atoms with E-state index in [0.717, 1.165) is 16.5 Å². The molecule has 2 unspecified atom stereocenters. The molecule has 0 aromatic heterocycles. The Bertz CT molecular complexity index is 560. The van der Waals surface area contributed by atoms with E-state index in [1.54, 1.807) is 4.90 Å². The van der Waals surface area contributed by atoms with Gasteiger partial charge in [0.15, 0.2) is 0 Å². The van der Waals surface area contributed by atoms with Gasteiger partial charge in [-0.15, -0.1) is 0 Å². The molecule has 0 radical (unpaired) electrons. The monoisotopic (exact) mass is 388 g/mol. The van der Waals surface area contributed by atoms with Crippen molar-refractivity contribution in [2.75, 3.05) is 6.54 Å². The summed E-state index contributed by atoms with van der Waals surface area (Å²) in [6.07, 6.45) is 1.20. The number of amides is 1. The second-order valence-corrected chi connectivity index (χ2v) is 7.91. The van der Waals surface area contributed by atoms with E-state index in [2.05, 4.69) is 15.9 Å². The third-order valence-corrected chi connectivity index (χ3v) is 4.81. The van der Waals surface area contributed by atoms with E-state index < -0.39 is 5.60 Å². The minimum Gasteiger partial charge on any atom is -0.444 e. The Morgan fingerprint density at radius 3 is 2.73 bits per heavy atom. The van der Waals surface area contributed by atoms with E-state index in [-0.39, 0.29) is 18.2 Å². The zero-order valence-corrected chi connectivity index (χ0v) is 15.4. The molecule has 1 aromatic rings. The van der Waals surface area contributed by atoms with Gasteiger partial charge in [0.2, 0.25) is 0 Å². The molecule has 0 bridgehead atoms. The molecule has 1 aliphatic rings. The Morgan fingerprint density at radius 1 is 1.45 bits per heavy atom. The number of hydrogen-bond donors (Lipinski definition) is 1. The molecule has 4 nitrogen and oxygen atoms in total. The fraction of sp³-hybridized carbons (Fsp3) is 0.562. The molecule has 1 heterocycles. The predicted octanol–water partition coefficient (Wildman–Crippen LogP) is 4.50. The van der Waals surface area contributed by atoms with Gasteiger partial charge >= 0.3 is 6.09 Å². The van der Waals surface area contributed by atoms with Crippen LogP contribution in [0.15, 0.2) is 22.7 Å². The molecule has 0 saturated carbocycles. The van der Waals surface area contributed by atoms with Crippen molar-refractivity contribution < 1.29 is 9.53 Å². The standard InChI is InChI=1S/C16H22BrClN2O2/c1-16(2,3)22-15(21)20-7-6-11(19)9-14(20)10-4-5-13(18)12(17)8-10/h4-5,8,11,14H,6-7,9,19H2,1-3H3. The summed E-state index contributed by atoms with van der Waals surface area (Å²) in [5, 5.41) is 0.646. The molecule has 1 aliphatic heterocycles. The molecule has 2 N–H and O–H groups in total. The number of ether oxygens (including phenoxy) is 1. The third kappa shape index (κ3) is 4.37. The van der Waals surface area contributed by atoms with Crippen molar-refractivity contribution in [2.45, 2.75) is 51.3 Å². The van der Waals surface area contributed by atoms with Gasteiger partial charge in [0.25, 0.3) is 0 Å². The number of halogens is 2. The molecule has 0 aliphatic carbocycles. The molecule has 2 atom stereocenters. The quantitative estimate of drug-likeness (QED) is 0.769. The maximum Gasteiger partial charge on any atom is 0.410 e. The lowest BCUT2D eigenvalue weighted by Gasteiger charge is -2.39. The van der Waals surface area contributed by atoms with E-state index in [9.17, 15) is 4.79 Å². The molecule has 22 heavy (non-hydrogen) atoms. The molecule has 1 amide bonds. The van der Waals surface area contributed by atoms with Crippen LogP contribution in [-0.4, -0.2) is 29.2 Å². The van der Waals surface area contributed by atoms with Crippen molar-refractivity contribution in [2.24, 2.45) is 5.73 Å². The summed E-state index contributed by atoms with van der Waals surface area (Å²) in [7, 11) is 0. The molecule has 122 valence electrons. The molecule has 6 heteroatoms. The van der Waals surface area contributed by atoms with Crippen LogP contribution in [0, 0.1) is 0 Å². The minimum absolute atomic E-state index is 0.0816. The van der Waals surface area contributed by atoms with Crippen LogP contribution in [0.3, 0.4) is 0 Å². The number of nitrogens with two attached hydrogens (primary N) is 1. The van der Waals surface area contributed by atoms with Crippen LogP contribution in [0.1, 0.15) is 45.2 Å². The maximum atomic E-state index is 12.5. The van der Waals surface area contributed by atoms with Crippen LogP contribution >= 0.6 is 27.5 Å². The van der Waals surface area contributed by atoms with Crippen LogP contribution in [0.5, 0.6) is 0 Å². The Kier molecular flexibility index (Phi) is 5.41. The average molecular weight is 390 g/mol. The smallest absolute Gasteiger partial charge is 0.410 e. The largest absolute Gasteiger partial charge is 0.444 e. The Morgan fingerprint density at radius 2 is 2.14 bits per heavy atom. The molecule has 1 saturated heterocycles. The van der Waals surface area contributed by atoms with Gasteiger partial charge in [-0.3, -0.25) is 0 Å². The Balaban J connectivity index is 2.26. The summed E-state index contributed by atoms with van der Waals surface area (Å²) in [4.78, 5) is 14.2. The fourth-order valence-electron chi connectivity index (χ4n) is 2.57. The van der Waals surface area contributed by atoms with Gasteiger partial charge in [0.05, 0.1) is 11.1 Å². The van der Waals surface area contributed by atoms with Crippen molar-refractivity contribution in [3.8, 4) is 0 Å². The second kappa shape index (κ2) is 6.77. The van der Waals surface area contributed by atoms with E-state index in [1.807, 2.05) is 39.0 Å². The first-order valence-corrected chi connectivity index (χ1v) is 8.54. The zero-order chi connectivity index (χ0) is 16.5. The fourth-order valence-corrected chi connectivity index (χ4v) is 3.08.